The van der Waals surface area contributed by atoms with E-state index in [9.17, 15) is 4.79 Å². The Labute approximate surface area is 114 Å². The predicted molar refractivity (Wildman–Crippen MR) is 74.6 cm³/mol. The van der Waals surface area contributed by atoms with Crippen LogP contribution >= 0.6 is 11.8 Å². The third kappa shape index (κ3) is 2.53. The minimum atomic E-state index is -0.367. The molecule has 0 bridgehead atoms. The molecule has 0 aromatic rings. The molecule has 0 saturated carbocycles. The van der Waals surface area contributed by atoms with Crippen molar-refractivity contribution in [2.45, 2.75) is 38.0 Å². The van der Waals surface area contributed by atoms with Crippen LogP contribution in [0.15, 0.2) is 0 Å². The first-order valence-electron chi connectivity index (χ1n) is 6.81. The molecule has 0 aliphatic carbocycles. The minimum Gasteiger partial charge on any atom is -0.381 e. The van der Waals surface area contributed by atoms with Crippen LogP contribution in [0, 0.1) is 5.41 Å². The summed E-state index contributed by atoms with van der Waals surface area (Å²) in [5.74, 6) is 1.29. The van der Waals surface area contributed by atoms with E-state index in [2.05, 4.69) is 18.7 Å². The largest absolute Gasteiger partial charge is 0.381 e. The van der Waals surface area contributed by atoms with Crippen molar-refractivity contribution in [3.8, 4) is 0 Å². The van der Waals surface area contributed by atoms with Gasteiger partial charge >= 0.3 is 0 Å². The van der Waals surface area contributed by atoms with E-state index in [4.69, 9.17) is 10.5 Å². The highest BCUT2D eigenvalue weighted by molar-refractivity contribution is 8.00. The highest BCUT2D eigenvalue weighted by Gasteiger charge is 2.43. The summed E-state index contributed by atoms with van der Waals surface area (Å²) >= 11 is 1.95. The van der Waals surface area contributed by atoms with Crippen molar-refractivity contribution in [3.63, 3.8) is 0 Å². The lowest BCUT2D eigenvalue weighted by molar-refractivity contribution is -0.149. The van der Waals surface area contributed by atoms with E-state index in [-0.39, 0.29) is 11.3 Å². The van der Waals surface area contributed by atoms with E-state index in [1.54, 1.807) is 0 Å². The van der Waals surface area contributed by atoms with Gasteiger partial charge in [0.2, 0.25) is 5.91 Å². The number of hydrogen-bond acceptors (Lipinski definition) is 4. The highest BCUT2D eigenvalue weighted by atomic mass is 32.2. The number of nitrogens with two attached hydrogens (primary N) is 1. The van der Waals surface area contributed by atoms with E-state index in [0.717, 1.165) is 25.1 Å². The topological polar surface area (TPSA) is 55.6 Å². The summed E-state index contributed by atoms with van der Waals surface area (Å²) in [7, 11) is 0. The van der Waals surface area contributed by atoms with Gasteiger partial charge in [-0.05, 0) is 19.8 Å². The summed E-state index contributed by atoms with van der Waals surface area (Å²) in [5.41, 5.74) is 5.55. The molecule has 2 saturated heterocycles. The third-order valence-corrected chi connectivity index (χ3v) is 5.78. The Bertz CT molecular complexity index is 305. The highest BCUT2D eigenvalue weighted by Crippen LogP contribution is 2.35. The number of thioether (sulfide) groups is 1. The lowest BCUT2D eigenvalue weighted by Crippen LogP contribution is -2.57. The molecule has 2 fully saturated rings. The fourth-order valence-electron chi connectivity index (χ4n) is 2.79. The normalized spacial score (nSPS) is 32.3. The van der Waals surface area contributed by atoms with E-state index < -0.39 is 0 Å². The lowest BCUT2D eigenvalue weighted by Gasteiger charge is -2.44. The van der Waals surface area contributed by atoms with Gasteiger partial charge in [-0.1, -0.05) is 6.92 Å². The summed E-state index contributed by atoms with van der Waals surface area (Å²) < 4.78 is 5.38. The standard InChI is InChI=1S/C13H24N2O2S/c1-10-11(2)18-8-5-15(10)12(16)13(9-14)3-6-17-7-4-13/h10-11H,3-9,14H2,1-2H3. The molecule has 0 spiro atoms. The summed E-state index contributed by atoms with van der Waals surface area (Å²) in [6, 6.07) is 0.308. The summed E-state index contributed by atoms with van der Waals surface area (Å²) in [5, 5.41) is 0.511. The monoisotopic (exact) mass is 272 g/mol. The van der Waals surface area contributed by atoms with Crippen molar-refractivity contribution >= 4 is 17.7 Å². The van der Waals surface area contributed by atoms with Crippen LogP contribution in [-0.2, 0) is 9.53 Å². The molecule has 2 rings (SSSR count). The number of ether oxygens (including phenoxy) is 1. The Balaban J connectivity index is 2.12. The van der Waals surface area contributed by atoms with E-state index in [0.29, 0.717) is 31.1 Å². The molecule has 1 amide bonds. The molecule has 0 aromatic heterocycles. The Hall–Kier alpha value is -0.260. The van der Waals surface area contributed by atoms with E-state index in [1.165, 1.54) is 0 Å². The Morgan fingerprint density at radius 2 is 2.11 bits per heavy atom. The average molecular weight is 272 g/mol. The third-order valence-electron chi connectivity index (χ3n) is 4.44. The SMILES string of the molecule is CC1SCCN(C(=O)C2(CN)CCOCC2)C1C. The molecule has 2 aliphatic rings. The zero-order valence-electron chi connectivity index (χ0n) is 11.4. The summed E-state index contributed by atoms with van der Waals surface area (Å²) in [6.45, 7) is 6.98. The fourth-order valence-corrected chi connectivity index (χ4v) is 3.89. The first-order chi connectivity index (χ1) is 8.60. The minimum absolute atomic E-state index is 0.257. The molecule has 4 nitrogen and oxygen atoms in total. The lowest BCUT2D eigenvalue weighted by atomic mass is 9.78. The second kappa shape index (κ2) is 5.80. The van der Waals surface area contributed by atoms with Gasteiger partial charge in [-0.15, -0.1) is 0 Å². The molecular weight excluding hydrogens is 248 g/mol. The summed E-state index contributed by atoms with van der Waals surface area (Å²) in [4.78, 5) is 14.9. The number of nitrogens with zero attached hydrogens (tertiary/aromatic N) is 1. The molecule has 2 N–H and O–H groups in total. The number of carbonyl (C=O) groups excluding carboxylic acids is 1. The van der Waals surface area contributed by atoms with E-state index in [1.807, 2.05) is 11.8 Å². The van der Waals surface area contributed by atoms with E-state index >= 15 is 0 Å². The van der Waals surface area contributed by atoms with Crippen molar-refractivity contribution < 1.29 is 9.53 Å². The summed E-state index contributed by atoms with van der Waals surface area (Å²) in [6.07, 6.45) is 1.54. The van der Waals surface area contributed by atoms with Gasteiger partial charge in [-0.25, -0.2) is 0 Å². The predicted octanol–water partition coefficient (Wildman–Crippen LogP) is 1.09. The van der Waals surface area contributed by atoms with Crippen LogP contribution in [0.3, 0.4) is 0 Å². The first kappa shape index (κ1) is 14.2. The van der Waals surface area contributed by atoms with Crippen molar-refractivity contribution in [2.75, 3.05) is 32.1 Å². The molecule has 2 heterocycles. The van der Waals surface area contributed by atoms with Crippen molar-refractivity contribution in [1.29, 1.82) is 0 Å². The van der Waals surface area contributed by atoms with Crippen LogP contribution in [-0.4, -0.2) is 54.2 Å². The average Bonchev–Trinajstić information content (AvgIpc) is 2.42. The maximum Gasteiger partial charge on any atom is 0.230 e. The Kier molecular flexibility index (Phi) is 4.56. The quantitative estimate of drug-likeness (QED) is 0.818. The van der Waals surface area contributed by atoms with Crippen molar-refractivity contribution in [2.24, 2.45) is 11.1 Å². The second-order valence-electron chi connectivity index (χ2n) is 5.41. The molecule has 18 heavy (non-hydrogen) atoms. The number of rotatable bonds is 2. The van der Waals surface area contributed by atoms with Gasteiger partial charge < -0.3 is 15.4 Å². The molecule has 104 valence electrons. The van der Waals surface area contributed by atoms with Crippen LogP contribution in [0.5, 0.6) is 0 Å². The van der Waals surface area contributed by atoms with Gasteiger partial charge in [0.15, 0.2) is 0 Å². The first-order valence-corrected chi connectivity index (χ1v) is 7.86. The van der Waals surface area contributed by atoms with Crippen LogP contribution in [0.1, 0.15) is 26.7 Å². The van der Waals surface area contributed by atoms with Gasteiger partial charge in [0.1, 0.15) is 0 Å². The Morgan fingerprint density at radius 1 is 1.44 bits per heavy atom. The van der Waals surface area contributed by atoms with Gasteiger partial charge in [0.25, 0.3) is 0 Å². The molecule has 0 radical (unpaired) electrons. The van der Waals surface area contributed by atoms with Crippen molar-refractivity contribution in [3.05, 3.63) is 0 Å². The van der Waals surface area contributed by atoms with Gasteiger partial charge in [-0.3, -0.25) is 4.79 Å². The molecule has 2 atom stereocenters. The molecule has 2 aliphatic heterocycles. The van der Waals surface area contributed by atoms with Crippen LogP contribution in [0.4, 0.5) is 0 Å². The fraction of sp³-hybridized carbons (Fsp3) is 0.923. The zero-order valence-corrected chi connectivity index (χ0v) is 12.2. The van der Waals surface area contributed by atoms with Gasteiger partial charge in [-0.2, -0.15) is 11.8 Å². The molecular formula is C13H24N2O2S. The number of carbonyl (C=O) groups is 1. The van der Waals surface area contributed by atoms with Crippen molar-refractivity contribution in [1.82, 2.24) is 4.90 Å². The molecule has 5 heteroatoms. The van der Waals surface area contributed by atoms with Crippen LogP contribution in [0.25, 0.3) is 0 Å². The molecule has 0 aromatic carbocycles. The smallest absolute Gasteiger partial charge is 0.230 e. The number of hydrogen-bond donors (Lipinski definition) is 1. The maximum atomic E-state index is 12.8. The number of amides is 1. The second-order valence-corrected chi connectivity index (χ2v) is 6.90. The molecule has 2 unspecified atom stereocenters. The van der Waals surface area contributed by atoms with Gasteiger partial charge in [0.05, 0.1) is 5.41 Å². The Morgan fingerprint density at radius 3 is 2.72 bits per heavy atom. The maximum absolute atomic E-state index is 12.8. The van der Waals surface area contributed by atoms with Crippen LogP contribution < -0.4 is 5.73 Å². The zero-order chi connectivity index (χ0) is 13.2. The van der Waals surface area contributed by atoms with Crippen LogP contribution in [0.2, 0.25) is 0 Å². The van der Waals surface area contributed by atoms with Gasteiger partial charge in [0, 0.05) is 43.3 Å².